The number of hydrogen-bond acceptors (Lipinski definition) is 10. The summed E-state index contributed by atoms with van der Waals surface area (Å²) in [6, 6.07) is 19.3. The van der Waals surface area contributed by atoms with Crippen molar-refractivity contribution in [1.29, 1.82) is 0 Å². The van der Waals surface area contributed by atoms with Gasteiger partial charge in [0, 0.05) is 37.5 Å². The summed E-state index contributed by atoms with van der Waals surface area (Å²) in [6.45, 7) is 9.38. The van der Waals surface area contributed by atoms with Crippen LogP contribution in [-0.4, -0.2) is 90.6 Å². The predicted molar refractivity (Wildman–Crippen MR) is 237 cm³/mol. The lowest BCUT2D eigenvalue weighted by atomic mass is 9.55. The molecular weight excluding hydrogens is 796 g/mol. The summed E-state index contributed by atoms with van der Waals surface area (Å²) < 4.78 is 32.6. The molecule has 7 atom stereocenters. The van der Waals surface area contributed by atoms with Crippen LogP contribution in [0.4, 0.5) is 4.79 Å². The van der Waals surface area contributed by atoms with Gasteiger partial charge < -0.3 is 38.7 Å². The monoisotopic (exact) mass is 856 g/mol. The highest BCUT2D eigenvalue weighted by Crippen LogP contribution is 2.62. The van der Waals surface area contributed by atoms with E-state index in [9.17, 15) is 15.0 Å². The molecule has 3 aromatic carbocycles. The van der Waals surface area contributed by atoms with Gasteiger partial charge in [-0.15, -0.1) is 18.2 Å². The number of aliphatic hydroxyl groups excluding tert-OH is 2. The maximum Gasteiger partial charge on any atom is 0.410 e. The molecule has 2 heterocycles. The van der Waals surface area contributed by atoms with Crippen LogP contribution in [0.5, 0.6) is 11.5 Å². The number of benzene rings is 3. The number of halogens is 1. The van der Waals surface area contributed by atoms with Gasteiger partial charge in [0.15, 0.2) is 0 Å². The number of allylic oxidation sites excluding steroid dienone is 1. The van der Waals surface area contributed by atoms with E-state index >= 15 is 0 Å². The first kappa shape index (κ1) is 44.7. The third-order valence-corrected chi connectivity index (χ3v) is 12.7. The lowest BCUT2D eigenvalue weighted by Gasteiger charge is -2.60. The van der Waals surface area contributed by atoms with Gasteiger partial charge in [-0.2, -0.15) is 0 Å². The Hall–Kier alpha value is -4.39. The molecule has 4 aliphatic rings. The van der Waals surface area contributed by atoms with E-state index in [4.69, 9.17) is 45.3 Å². The number of alkyl halides is 1. The van der Waals surface area contributed by atoms with Crippen LogP contribution < -0.4 is 9.47 Å². The predicted octanol–water partition coefficient (Wildman–Crippen LogP) is 9.44. The van der Waals surface area contributed by atoms with E-state index in [0.29, 0.717) is 43.3 Å². The van der Waals surface area contributed by atoms with Crippen molar-refractivity contribution in [2.45, 2.75) is 94.8 Å². The normalized spacial score (nSPS) is 26.0. The highest BCUT2D eigenvalue weighted by atomic mass is 35.5. The van der Waals surface area contributed by atoms with Crippen LogP contribution in [0.25, 0.3) is 10.8 Å². The molecule has 328 valence electrons. The molecule has 2 aliphatic carbocycles. The summed E-state index contributed by atoms with van der Waals surface area (Å²) in [6.07, 6.45) is 12.2. The van der Waals surface area contributed by atoms with Crippen molar-refractivity contribution in [3.05, 3.63) is 109 Å². The van der Waals surface area contributed by atoms with Gasteiger partial charge in [-0.25, -0.2) is 4.79 Å². The van der Waals surface area contributed by atoms with Crippen molar-refractivity contribution in [1.82, 2.24) is 4.90 Å². The zero-order valence-corrected chi connectivity index (χ0v) is 35.9. The van der Waals surface area contributed by atoms with Gasteiger partial charge in [0.25, 0.3) is 0 Å². The van der Waals surface area contributed by atoms with Crippen molar-refractivity contribution in [3.63, 3.8) is 0 Å². The molecule has 1 saturated carbocycles. The minimum absolute atomic E-state index is 0.0135. The highest BCUT2D eigenvalue weighted by Gasteiger charge is 2.65. The molecule has 0 bridgehead atoms. The third-order valence-electron chi connectivity index (χ3n) is 12.6. The van der Waals surface area contributed by atoms with E-state index in [2.05, 4.69) is 43.5 Å². The zero-order valence-electron chi connectivity index (χ0n) is 35.1. The second-order valence-corrected chi connectivity index (χ2v) is 16.7. The second kappa shape index (κ2) is 21.6. The Morgan fingerprint density at radius 3 is 2.56 bits per heavy atom. The number of hydrogen-bond donors (Lipinski definition) is 2. The van der Waals surface area contributed by atoms with Crippen molar-refractivity contribution >= 4 is 34.2 Å². The number of rotatable bonds is 21. The Bertz CT molecular complexity index is 2010. The van der Waals surface area contributed by atoms with Crippen molar-refractivity contribution < 1.29 is 43.5 Å². The summed E-state index contributed by atoms with van der Waals surface area (Å²) in [7, 11) is 0. The number of nitrogens with zero attached hydrogens (tertiary/aromatic N) is 2. The van der Waals surface area contributed by atoms with E-state index in [1.165, 1.54) is 0 Å². The smallest absolute Gasteiger partial charge is 0.410 e. The van der Waals surface area contributed by atoms with Gasteiger partial charge in [-0.3, -0.25) is 4.90 Å². The molecule has 2 aliphatic heterocycles. The molecule has 61 heavy (non-hydrogen) atoms. The molecule has 11 nitrogen and oxygen atoms in total. The van der Waals surface area contributed by atoms with E-state index in [-0.39, 0.29) is 63.0 Å². The van der Waals surface area contributed by atoms with Crippen LogP contribution in [0.2, 0.25) is 0 Å². The van der Waals surface area contributed by atoms with Crippen molar-refractivity contribution in [2.24, 2.45) is 22.9 Å². The highest BCUT2D eigenvalue weighted by molar-refractivity contribution is 6.18. The third kappa shape index (κ3) is 9.97. The van der Waals surface area contributed by atoms with Gasteiger partial charge >= 0.3 is 6.09 Å². The number of fused-ring (bicyclic) bond motifs is 3. The first-order valence-corrected chi connectivity index (χ1v) is 22.5. The molecule has 3 aromatic rings. The van der Waals surface area contributed by atoms with Crippen molar-refractivity contribution in [3.8, 4) is 11.5 Å². The molecule has 0 spiro atoms. The Morgan fingerprint density at radius 1 is 0.984 bits per heavy atom. The topological polar surface area (TPSA) is 129 Å². The number of amides is 1. The maximum atomic E-state index is 14.8. The minimum atomic E-state index is -1.46. The quantitative estimate of drug-likeness (QED) is 0.0466. The molecular formula is C49H61ClN2O9. The van der Waals surface area contributed by atoms with Crippen LogP contribution in [-0.2, 0) is 25.6 Å². The van der Waals surface area contributed by atoms with Crippen LogP contribution in [0.15, 0.2) is 103 Å². The lowest BCUT2D eigenvalue weighted by Crippen LogP contribution is -2.70. The van der Waals surface area contributed by atoms with Gasteiger partial charge in [-0.05, 0) is 90.5 Å². The van der Waals surface area contributed by atoms with Crippen LogP contribution >= 0.6 is 11.6 Å². The van der Waals surface area contributed by atoms with Gasteiger partial charge in [0.2, 0.25) is 12.1 Å². The molecule has 1 amide bonds. The first-order valence-electron chi connectivity index (χ1n) is 22.0. The number of carbonyl (C=O) groups is 1. The van der Waals surface area contributed by atoms with Crippen LogP contribution in [0, 0.1) is 17.8 Å². The van der Waals surface area contributed by atoms with Gasteiger partial charge in [0.1, 0.15) is 30.8 Å². The van der Waals surface area contributed by atoms with Crippen molar-refractivity contribution in [2.75, 3.05) is 45.5 Å². The van der Waals surface area contributed by atoms with Gasteiger partial charge in [-0.1, -0.05) is 85.3 Å². The van der Waals surface area contributed by atoms with E-state index in [1.54, 1.807) is 17.1 Å². The maximum absolute atomic E-state index is 14.8. The molecule has 2 fully saturated rings. The number of aliphatic hydroxyl groups is 2. The number of carbonyl (C=O) groups excluding carboxylic acids is 1. The number of oxime groups is 1. The molecule has 7 rings (SSSR count). The van der Waals surface area contributed by atoms with E-state index in [0.717, 1.165) is 72.4 Å². The number of ether oxygens (including phenoxy) is 5. The first-order chi connectivity index (χ1) is 30.0. The van der Waals surface area contributed by atoms with Gasteiger partial charge in [0.05, 0.1) is 37.3 Å². The van der Waals surface area contributed by atoms with Crippen LogP contribution in [0.3, 0.4) is 0 Å². The SMILES string of the molecule is C=CCOc1ccc2c(c1)[C@H]1[C@H](CCCCO)[C@@H](CCCCO)C=C3C(=NOC4CCCCO4)C[C@H](N(Cc4cccc5ccccc45)C(=O)OCCCl)[C@@](OCC=C)(O2)[C@H]31. The fraction of sp³-hybridized carbons (Fsp3) is 0.510. The average molecular weight is 857 g/mol. The van der Waals surface area contributed by atoms with E-state index < -0.39 is 30.1 Å². The zero-order chi connectivity index (χ0) is 42.6. The van der Waals surface area contributed by atoms with E-state index in [1.807, 2.05) is 36.4 Å². The Morgan fingerprint density at radius 2 is 1.79 bits per heavy atom. The number of unbranched alkanes of at least 4 members (excludes halogenated alkanes) is 2. The molecule has 1 unspecified atom stereocenters. The summed E-state index contributed by atoms with van der Waals surface area (Å²) in [4.78, 5) is 22.8. The largest absolute Gasteiger partial charge is 0.490 e. The summed E-state index contributed by atoms with van der Waals surface area (Å²) in [5.41, 5.74) is 3.53. The standard InChI is InChI=1S/C49H61ClN2O9/c1-3-26-56-37-21-22-43-41(31-37)46-39(19-8-11-25-54)35(15-7-10-24-53)30-40-42(51-61-45-20-9-12-28-57-45)32-44(49(60-43,47(40)46)59-27-4-2)52(48(55)58-29-23-50)33-36-17-13-16-34-14-5-6-18-38(34)36/h3-6,13-14,16-18,21-22,30-31,35,39,44-47,53-54H,1-2,7-12,15,19-20,23-29,32-33H2/t35-,39+,44-,45?,46+,47+,49+/m0/s1. The summed E-state index contributed by atoms with van der Waals surface area (Å²) >= 11 is 6.16. The van der Waals surface area contributed by atoms with Crippen LogP contribution in [0.1, 0.15) is 81.3 Å². The molecule has 0 aromatic heterocycles. The Labute approximate surface area is 364 Å². The Kier molecular flexibility index (Phi) is 15.8. The molecule has 0 radical (unpaired) electrons. The second-order valence-electron chi connectivity index (χ2n) is 16.3. The lowest BCUT2D eigenvalue weighted by molar-refractivity contribution is -0.256. The minimum Gasteiger partial charge on any atom is -0.490 e. The fourth-order valence-electron chi connectivity index (χ4n) is 9.93. The molecule has 1 saturated heterocycles. The summed E-state index contributed by atoms with van der Waals surface area (Å²) in [5.74, 6) is -0.583. The molecule has 12 heteroatoms. The fourth-order valence-corrected chi connectivity index (χ4v) is 10.0. The Balaban J connectivity index is 1.47. The summed E-state index contributed by atoms with van der Waals surface area (Å²) in [5, 5.41) is 26.9. The molecule has 2 N–H and O–H groups in total. The average Bonchev–Trinajstić information content (AvgIpc) is 3.29.